The minimum Gasteiger partial charge on any atom is -0.480 e. The maximum Gasteiger partial charge on any atom is 0.226 e. The molecular weight excluding hydrogens is 393 g/mol. The van der Waals surface area contributed by atoms with E-state index < -0.39 is 6.10 Å². The van der Waals surface area contributed by atoms with Gasteiger partial charge >= 0.3 is 0 Å². The molecule has 0 amide bonds. The summed E-state index contributed by atoms with van der Waals surface area (Å²) in [4.78, 5) is 8.75. The van der Waals surface area contributed by atoms with Crippen LogP contribution < -0.4 is 10.1 Å². The van der Waals surface area contributed by atoms with E-state index in [2.05, 4.69) is 33.4 Å². The quantitative estimate of drug-likeness (QED) is 0.519. The lowest BCUT2D eigenvalue weighted by Crippen LogP contribution is -2.32. The molecule has 0 spiro atoms. The molecule has 6 rings (SSSR count). The zero-order valence-corrected chi connectivity index (χ0v) is 16.7. The van der Waals surface area contributed by atoms with Crippen molar-refractivity contribution in [1.29, 1.82) is 0 Å². The average Bonchev–Trinajstić information content (AvgIpc) is 3.27. The minimum atomic E-state index is -0.430. The van der Waals surface area contributed by atoms with E-state index in [1.807, 2.05) is 35.1 Å². The molecule has 6 nitrogen and oxygen atoms in total. The normalized spacial score (nSPS) is 19.0. The second kappa shape index (κ2) is 6.77. The first kappa shape index (κ1) is 17.8. The number of hydrogen-bond donors (Lipinski definition) is 1. The molecule has 0 saturated carbocycles. The molecular formula is C24H18FN5O. The average molecular weight is 411 g/mol. The molecule has 0 fully saturated rings. The van der Waals surface area contributed by atoms with Crippen molar-refractivity contribution in [1.82, 2.24) is 19.7 Å². The summed E-state index contributed by atoms with van der Waals surface area (Å²) in [6.07, 6.45) is 4.69. The van der Waals surface area contributed by atoms with Crippen molar-refractivity contribution in [2.75, 3.05) is 5.32 Å². The second-order valence-corrected chi connectivity index (χ2v) is 7.72. The van der Waals surface area contributed by atoms with E-state index in [4.69, 9.17) is 4.74 Å². The Bertz CT molecular complexity index is 1310. The van der Waals surface area contributed by atoms with Crippen LogP contribution in [0.2, 0.25) is 0 Å². The minimum absolute atomic E-state index is 0.272. The van der Waals surface area contributed by atoms with Gasteiger partial charge in [0.25, 0.3) is 0 Å². The third-order valence-electron chi connectivity index (χ3n) is 5.74. The van der Waals surface area contributed by atoms with Gasteiger partial charge in [-0.25, -0.2) is 9.07 Å². The Balaban J connectivity index is 1.64. The number of fused-ring (bicyclic) bond motifs is 3. The van der Waals surface area contributed by atoms with E-state index in [0.29, 0.717) is 5.95 Å². The molecule has 152 valence electrons. The lowest BCUT2D eigenvalue weighted by molar-refractivity contribution is 0.223. The molecule has 31 heavy (non-hydrogen) atoms. The summed E-state index contributed by atoms with van der Waals surface area (Å²) < 4.78 is 22.0. The first-order valence-electron chi connectivity index (χ1n) is 10.0. The third kappa shape index (κ3) is 2.81. The number of aryl methyl sites for hydroxylation is 1. The maximum absolute atomic E-state index is 13.7. The molecule has 4 aromatic rings. The van der Waals surface area contributed by atoms with Crippen LogP contribution in [-0.2, 0) is 0 Å². The fourth-order valence-electron chi connectivity index (χ4n) is 4.35. The lowest BCUT2D eigenvalue weighted by Gasteiger charge is -2.39. The third-order valence-corrected chi connectivity index (χ3v) is 5.74. The summed E-state index contributed by atoms with van der Waals surface area (Å²) in [6.45, 7) is 2.05. The Hall–Kier alpha value is -4.00. The van der Waals surface area contributed by atoms with Crippen molar-refractivity contribution in [3.05, 3.63) is 107 Å². The topological polar surface area (TPSA) is 64.9 Å². The largest absolute Gasteiger partial charge is 0.480 e. The van der Waals surface area contributed by atoms with Gasteiger partial charge in [0.2, 0.25) is 5.95 Å². The highest BCUT2D eigenvalue weighted by Gasteiger charge is 2.41. The fraction of sp³-hybridized carbons (Fsp3) is 0.125. The van der Waals surface area contributed by atoms with Gasteiger partial charge < -0.3 is 10.1 Å². The summed E-state index contributed by atoms with van der Waals surface area (Å²) in [7, 11) is 0. The maximum atomic E-state index is 13.7. The van der Waals surface area contributed by atoms with E-state index in [0.717, 1.165) is 39.3 Å². The van der Waals surface area contributed by atoms with Crippen molar-refractivity contribution in [2.24, 2.45) is 0 Å². The molecule has 0 radical (unpaired) electrons. The van der Waals surface area contributed by atoms with Gasteiger partial charge in [0.1, 0.15) is 30.0 Å². The Kier molecular flexibility index (Phi) is 3.89. The van der Waals surface area contributed by atoms with Gasteiger partial charge in [-0.1, -0.05) is 29.8 Å². The predicted octanol–water partition coefficient (Wildman–Crippen LogP) is 4.68. The summed E-state index contributed by atoms with van der Waals surface area (Å²) in [6, 6.07) is 16.2. The number of halogens is 1. The second-order valence-electron chi connectivity index (χ2n) is 7.72. The molecule has 2 aliphatic heterocycles. The molecule has 0 saturated heterocycles. The smallest absolute Gasteiger partial charge is 0.226 e. The monoisotopic (exact) mass is 411 g/mol. The van der Waals surface area contributed by atoms with E-state index in [1.54, 1.807) is 18.3 Å². The Morgan fingerprint density at radius 3 is 2.74 bits per heavy atom. The predicted molar refractivity (Wildman–Crippen MR) is 114 cm³/mol. The zero-order valence-electron chi connectivity index (χ0n) is 16.7. The molecule has 7 heteroatoms. The number of benzene rings is 2. The lowest BCUT2D eigenvalue weighted by atomic mass is 9.85. The van der Waals surface area contributed by atoms with Gasteiger partial charge in [-0.15, -0.1) is 0 Å². The summed E-state index contributed by atoms with van der Waals surface area (Å²) in [5.41, 5.74) is 5.84. The van der Waals surface area contributed by atoms with Crippen molar-refractivity contribution < 1.29 is 9.13 Å². The highest BCUT2D eigenvalue weighted by atomic mass is 19.1. The van der Waals surface area contributed by atoms with Crippen LogP contribution in [0, 0.1) is 12.7 Å². The van der Waals surface area contributed by atoms with Gasteiger partial charge in [0.05, 0.1) is 5.70 Å². The Morgan fingerprint density at radius 2 is 1.94 bits per heavy atom. The first-order valence-corrected chi connectivity index (χ1v) is 10.0. The van der Waals surface area contributed by atoms with E-state index in [9.17, 15) is 4.39 Å². The molecule has 2 aliphatic rings. The van der Waals surface area contributed by atoms with Crippen LogP contribution in [0.1, 0.15) is 34.4 Å². The highest BCUT2D eigenvalue weighted by Crippen LogP contribution is 2.50. The number of nitrogens with one attached hydrogen (secondary N) is 1. The summed E-state index contributed by atoms with van der Waals surface area (Å²) in [5, 5.41) is 7.95. The Morgan fingerprint density at radius 1 is 1.06 bits per heavy atom. The molecule has 2 aromatic heterocycles. The summed E-state index contributed by atoms with van der Waals surface area (Å²) >= 11 is 0. The van der Waals surface area contributed by atoms with E-state index in [-0.39, 0.29) is 11.9 Å². The van der Waals surface area contributed by atoms with Crippen LogP contribution in [0.4, 0.5) is 10.3 Å². The van der Waals surface area contributed by atoms with Crippen LogP contribution in [0.25, 0.3) is 5.70 Å². The van der Waals surface area contributed by atoms with Crippen molar-refractivity contribution in [2.45, 2.75) is 19.1 Å². The molecule has 2 unspecified atom stereocenters. The number of nitrogens with zero attached hydrogens (tertiary/aromatic N) is 4. The summed E-state index contributed by atoms with van der Waals surface area (Å²) in [5.74, 6) is 1.14. The standard InChI is InChI=1S/C24H18FN5O/c1-14-4-9-19-18(11-14)21-20(23(31-19)15-5-7-17(25)8-6-15)22(16-3-2-10-26-12-16)30-24(29-21)27-13-28-30/h2-13,22-23H,1H3,(H,27,28,29). The van der Waals surface area contributed by atoms with Gasteiger partial charge in [-0.2, -0.15) is 10.1 Å². The SMILES string of the molecule is Cc1ccc2c(c1)C1=C(C(c3ccc(F)cc3)O2)C(c2cccnc2)n2ncnc2N1. The number of hydrogen-bond acceptors (Lipinski definition) is 5. The molecule has 2 atom stereocenters. The number of pyridine rings is 1. The number of ether oxygens (including phenoxy) is 1. The van der Waals surface area contributed by atoms with Crippen molar-refractivity contribution >= 4 is 11.6 Å². The fourth-order valence-corrected chi connectivity index (χ4v) is 4.35. The number of rotatable bonds is 2. The highest BCUT2D eigenvalue weighted by molar-refractivity contribution is 5.85. The van der Waals surface area contributed by atoms with Crippen LogP contribution in [-0.4, -0.2) is 19.7 Å². The van der Waals surface area contributed by atoms with Gasteiger partial charge in [0, 0.05) is 23.5 Å². The Labute approximate surface area is 178 Å². The van der Waals surface area contributed by atoms with Crippen LogP contribution in [0.5, 0.6) is 5.75 Å². The molecule has 0 aliphatic carbocycles. The number of aromatic nitrogens is 4. The van der Waals surface area contributed by atoms with E-state index >= 15 is 0 Å². The van der Waals surface area contributed by atoms with Crippen molar-refractivity contribution in [3.63, 3.8) is 0 Å². The molecule has 0 bridgehead atoms. The van der Waals surface area contributed by atoms with Crippen LogP contribution >= 0.6 is 0 Å². The molecule has 1 N–H and O–H groups in total. The number of anilines is 1. The van der Waals surface area contributed by atoms with Crippen LogP contribution in [0.3, 0.4) is 0 Å². The van der Waals surface area contributed by atoms with Gasteiger partial charge in [-0.3, -0.25) is 4.98 Å². The van der Waals surface area contributed by atoms with Crippen LogP contribution in [0.15, 0.2) is 78.9 Å². The first-order chi connectivity index (χ1) is 15.2. The zero-order chi connectivity index (χ0) is 20.9. The van der Waals surface area contributed by atoms with Gasteiger partial charge in [-0.05, 0) is 48.4 Å². The van der Waals surface area contributed by atoms with Gasteiger partial charge in [0.15, 0.2) is 0 Å². The van der Waals surface area contributed by atoms with Crippen molar-refractivity contribution in [3.8, 4) is 5.75 Å². The molecule has 4 heterocycles. The van der Waals surface area contributed by atoms with E-state index in [1.165, 1.54) is 18.5 Å². The molecule has 2 aromatic carbocycles.